The fourth-order valence-corrected chi connectivity index (χ4v) is 1.46. The van der Waals surface area contributed by atoms with Gasteiger partial charge in [-0.3, -0.25) is 9.79 Å². The first kappa shape index (κ1) is 16.1. The van der Waals surface area contributed by atoms with Gasteiger partial charge in [-0.05, 0) is 32.9 Å². The average Bonchev–Trinajstić information content (AvgIpc) is 2.89. The minimum atomic E-state index is -0.649. The SMILES string of the molecule is CCNC(=NCC(C)(C)C(N)=O)NCCc1ccco1. The lowest BCUT2D eigenvalue weighted by atomic mass is 9.93. The molecule has 1 amide bonds. The van der Waals surface area contributed by atoms with Crippen molar-refractivity contribution < 1.29 is 9.21 Å². The van der Waals surface area contributed by atoms with Gasteiger partial charge < -0.3 is 20.8 Å². The lowest BCUT2D eigenvalue weighted by molar-refractivity contribution is -0.125. The predicted molar refractivity (Wildman–Crippen MR) is 79.4 cm³/mol. The van der Waals surface area contributed by atoms with Gasteiger partial charge in [-0.1, -0.05) is 0 Å². The summed E-state index contributed by atoms with van der Waals surface area (Å²) in [6.45, 7) is 7.36. The zero-order valence-corrected chi connectivity index (χ0v) is 12.4. The maximum absolute atomic E-state index is 11.3. The Morgan fingerprint density at radius 3 is 2.75 bits per heavy atom. The van der Waals surface area contributed by atoms with Crippen LogP contribution in [0.5, 0.6) is 0 Å². The number of carbonyl (C=O) groups excluding carboxylic acids is 1. The van der Waals surface area contributed by atoms with Crippen LogP contribution < -0.4 is 16.4 Å². The van der Waals surface area contributed by atoms with Crippen LogP contribution in [-0.2, 0) is 11.2 Å². The van der Waals surface area contributed by atoms with E-state index < -0.39 is 5.41 Å². The van der Waals surface area contributed by atoms with Crippen molar-refractivity contribution in [3.8, 4) is 0 Å². The highest BCUT2D eigenvalue weighted by atomic mass is 16.3. The Bertz CT molecular complexity index is 438. The Morgan fingerprint density at radius 1 is 1.45 bits per heavy atom. The van der Waals surface area contributed by atoms with Crippen LogP contribution >= 0.6 is 0 Å². The molecule has 0 fully saturated rings. The van der Waals surface area contributed by atoms with E-state index in [0.29, 0.717) is 19.0 Å². The van der Waals surface area contributed by atoms with Crippen molar-refractivity contribution in [2.24, 2.45) is 16.1 Å². The lowest BCUT2D eigenvalue weighted by Crippen LogP contribution is -2.40. The monoisotopic (exact) mass is 280 g/mol. The number of amides is 1. The summed E-state index contributed by atoms with van der Waals surface area (Å²) >= 11 is 0. The molecule has 0 saturated heterocycles. The molecule has 1 heterocycles. The summed E-state index contributed by atoms with van der Waals surface area (Å²) in [6.07, 6.45) is 2.43. The summed E-state index contributed by atoms with van der Waals surface area (Å²) in [5.41, 5.74) is 4.68. The molecule has 0 radical (unpaired) electrons. The molecular formula is C14H24N4O2. The van der Waals surface area contributed by atoms with Crippen LogP contribution in [0.25, 0.3) is 0 Å². The highest BCUT2D eigenvalue weighted by Gasteiger charge is 2.24. The van der Waals surface area contributed by atoms with E-state index in [0.717, 1.165) is 18.7 Å². The predicted octanol–water partition coefficient (Wildman–Crippen LogP) is 0.889. The van der Waals surface area contributed by atoms with Crippen molar-refractivity contribution in [3.63, 3.8) is 0 Å². The number of carbonyl (C=O) groups is 1. The van der Waals surface area contributed by atoms with E-state index in [1.54, 1.807) is 20.1 Å². The Kier molecular flexibility index (Phi) is 6.09. The largest absolute Gasteiger partial charge is 0.469 e. The number of nitrogens with one attached hydrogen (secondary N) is 2. The van der Waals surface area contributed by atoms with Crippen LogP contribution in [0.4, 0.5) is 0 Å². The van der Waals surface area contributed by atoms with Gasteiger partial charge in [0.2, 0.25) is 5.91 Å². The first-order chi connectivity index (χ1) is 9.45. The minimum absolute atomic E-state index is 0.346. The molecule has 0 aliphatic rings. The number of aliphatic imine (C=N–C) groups is 1. The zero-order chi connectivity index (χ0) is 15.0. The normalized spacial score (nSPS) is 12.2. The number of rotatable bonds is 7. The molecule has 6 heteroatoms. The molecule has 0 atom stereocenters. The first-order valence-electron chi connectivity index (χ1n) is 6.80. The summed E-state index contributed by atoms with van der Waals surface area (Å²) in [5.74, 6) is 1.24. The molecule has 6 nitrogen and oxygen atoms in total. The van der Waals surface area contributed by atoms with Crippen LogP contribution in [0.1, 0.15) is 26.5 Å². The smallest absolute Gasteiger partial charge is 0.224 e. The van der Waals surface area contributed by atoms with Gasteiger partial charge in [-0.15, -0.1) is 0 Å². The summed E-state index contributed by atoms with van der Waals surface area (Å²) in [6, 6.07) is 3.80. The van der Waals surface area contributed by atoms with Crippen LogP contribution in [0, 0.1) is 5.41 Å². The lowest BCUT2D eigenvalue weighted by Gasteiger charge is -2.19. The minimum Gasteiger partial charge on any atom is -0.469 e. The van der Waals surface area contributed by atoms with Crippen LogP contribution in [-0.4, -0.2) is 31.5 Å². The van der Waals surface area contributed by atoms with E-state index in [-0.39, 0.29) is 5.91 Å². The Hall–Kier alpha value is -1.98. The molecule has 0 bridgehead atoms. The van der Waals surface area contributed by atoms with Crippen LogP contribution in [0.15, 0.2) is 27.8 Å². The van der Waals surface area contributed by atoms with Gasteiger partial charge in [0, 0.05) is 19.5 Å². The molecule has 20 heavy (non-hydrogen) atoms. The van der Waals surface area contributed by atoms with Gasteiger partial charge in [0.15, 0.2) is 5.96 Å². The molecule has 0 aliphatic heterocycles. The third-order valence-corrected chi connectivity index (χ3v) is 2.89. The maximum atomic E-state index is 11.3. The number of nitrogens with zero attached hydrogens (tertiary/aromatic N) is 1. The number of primary amides is 1. The van der Waals surface area contributed by atoms with Crippen molar-refractivity contribution in [1.29, 1.82) is 0 Å². The van der Waals surface area contributed by atoms with E-state index >= 15 is 0 Å². The van der Waals surface area contributed by atoms with E-state index in [9.17, 15) is 4.79 Å². The first-order valence-corrected chi connectivity index (χ1v) is 6.80. The Morgan fingerprint density at radius 2 is 2.20 bits per heavy atom. The molecule has 0 unspecified atom stereocenters. The van der Waals surface area contributed by atoms with Crippen LogP contribution in [0.3, 0.4) is 0 Å². The van der Waals surface area contributed by atoms with Gasteiger partial charge in [0.05, 0.1) is 18.2 Å². The molecule has 1 aromatic heterocycles. The third-order valence-electron chi connectivity index (χ3n) is 2.89. The molecule has 1 rings (SSSR count). The van der Waals surface area contributed by atoms with Gasteiger partial charge in [0.1, 0.15) is 5.76 Å². The average molecular weight is 280 g/mol. The molecule has 0 aromatic carbocycles. The summed E-state index contributed by atoms with van der Waals surface area (Å²) in [4.78, 5) is 15.6. The number of guanidine groups is 1. The number of hydrogen-bond acceptors (Lipinski definition) is 3. The van der Waals surface area contributed by atoms with Crippen molar-refractivity contribution in [2.45, 2.75) is 27.2 Å². The quantitative estimate of drug-likeness (QED) is 0.511. The van der Waals surface area contributed by atoms with E-state index in [4.69, 9.17) is 10.2 Å². The van der Waals surface area contributed by atoms with E-state index in [1.165, 1.54) is 0 Å². The number of furan rings is 1. The second kappa shape index (κ2) is 7.57. The molecule has 4 N–H and O–H groups in total. The van der Waals surface area contributed by atoms with Crippen LogP contribution in [0.2, 0.25) is 0 Å². The molecule has 112 valence electrons. The van der Waals surface area contributed by atoms with Crippen molar-refractivity contribution in [1.82, 2.24) is 10.6 Å². The second-order valence-electron chi connectivity index (χ2n) is 5.20. The molecule has 0 aliphatic carbocycles. The topological polar surface area (TPSA) is 92.6 Å². The van der Waals surface area contributed by atoms with Crippen molar-refractivity contribution in [3.05, 3.63) is 24.2 Å². The Labute approximate surface area is 119 Å². The second-order valence-corrected chi connectivity index (χ2v) is 5.20. The third kappa shape index (κ3) is 5.34. The van der Waals surface area contributed by atoms with E-state index in [1.807, 2.05) is 19.1 Å². The number of nitrogens with two attached hydrogens (primary N) is 1. The summed E-state index contributed by atoms with van der Waals surface area (Å²) < 4.78 is 5.26. The summed E-state index contributed by atoms with van der Waals surface area (Å²) in [5, 5.41) is 6.33. The molecule has 0 spiro atoms. The van der Waals surface area contributed by atoms with Gasteiger partial charge >= 0.3 is 0 Å². The molecule has 0 saturated carbocycles. The molecular weight excluding hydrogens is 256 g/mol. The zero-order valence-electron chi connectivity index (χ0n) is 12.4. The maximum Gasteiger partial charge on any atom is 0.224 e. The summed E-state index contributed by atoms with van der Waals surface area (Å²) in [7, 11) is 0. The Balaban J connectivity index is 2.48. The number of hydrogen-bond donors (Lipinski definition) is 3. The molecule has 1 aromatic rings. The standard InChI is InChI=1S/C14H24N4O2/c1-4-16-13(18-10-14(2,3)12(15)19)17-8-7-11-6-5-9-20-11/h5-6,9H,4,7-8,10H2,1-3H3,(H2,15,19)(H2,16,17,18). The fraction of sp³-hybridized carbons (Fsp3) is 0.571. The highest BCUT2D eigenvalue weighted by molar-refractivity contribution is 5.82. The van der Waals surface area contributed by atoms with Gasteiger partial charge in [-0.2, -0.15) is 0 Å². The van der Waals surface area contributed by atoms with Crippen molar-refractivity contribution >= 4 is 11.9 Å². The van der Waals surface area contributed by atoms with Gasteiger partial charge in [-0.25, -0.2) is 0 Å². The fourth-order valence-electron chi connectivity index (χ4n) is 1.46. The van der Waals surface area contributed by atoms with E-state index in [2.05, 4.69) is 15.6 Å². The van der Waals surface area contributed by atoms with Crippen molar-refractivity contribution in [2.75, 3.05) is 19.6 Å². The van der Waals surface area contributed by atoms with Gasteiger partial charge in [0.25, 0.3) is 0 Å². The highest BCUT2D eigenvalue weighted by Crippen LogP contribution is 2.13.